The zero-order chi connectivity index (χ0) is 13.0. The number of hydrogen-bond donors (Lipinski definition) is 3. The SMILES string of the molecule is CC(C)CNC(=O)C(C)NC1CCC1C(=O)O. The minimum Gasteiger partial charge on any atom is -0.481 e. The summed E-state index contributed by atoms with van der Waals surface area (Å²) in [5.74, 6) is -0.754. The van der Waals surface area contributed by atoms with E-state index in [1.54, 1.807) is 6.92 Å². The largest absolute Gasteiger partial charge is 0.481 e. The van der Waals surface area contributed by atoms with Gasteiger partial charge >= 0.3 is 5.97 Å². The first-order chi connectivity index (χ1) is 7.91. The van der Waals surface area contributed by atoms with Gasteiger partial charge in [-0.1, -0.05) is 13.8 Å². The van der Waals surface area contributed by atoms with E-state index in [0.29, 0.717) is 18.9 Å². The van der Waals surface area contributed by atoms with Crippen molar-refractivity contribution in [3.05, 3.63) is 0 Å². The Kier molecular flexibility index (Phi) is 4.93. The van der Waals surface area contributed by atoms with E-state index < -0.39 is 5.97 Å². The molecule has 17 heavy (non-hydrogen) atoms. The van der Waals surface area contributed by atoms with Crippen LogP contribution in [0.5, 0.6) is 0 Å². The first kappa shape index (κ1) is 14.0. The van der Waals surface area contributed by atoms with E-state index in [1.807, 2.05) is 13.8 Å². The minimum atomic E-state index is -0.775. The lowest BCUT2D eigenvalue weighted by molar-refractivity contribution is -0.146. The average molecular weight is 242 g/mol. The van der Waals surface area contributed by atoms with E-state index >= 15 is 0 Å². The highest BCUT2D eigenvalue weighted by molar-refractivity contribution is 5.81. The van der Waals surface area contributed by atoms with Gasteiger partial charge < -0.3 is 15.7 Å². The molecule has 3 N–H and O–H groups in total. The quantitative estimate of drug-likeness (QED) is 0.637. The third-order valence-corrected chi connectivity index (χ3v) is 3.13. The van der Waals surface area contributed by atoms with Crippen molar-refractivity contribution in [3.8, 4) is 0 Å². The van der Waals surface area contributed by atoms with E-state index in [1.165, 1.54) is 0 Å². The Bertz CT molecular complexity index is 291. The molecule has 0 heterocycles. The van der Waals surface area contributed by atoms with Gasteiger partial charge in [0.15, 0.2) is 0 Å². The molecule has 1 aliphatic carbocycles. The average Bonchev–Trinajstić information content (AvgIpc) is 2.19. The number of hydrogen-bond acceptors (Lipinski definition) is 3. The smallest absolute Gasteiger partial charge is 0.308 e. The van der Waals surface area contributed by atoms with Gasteiger partial charge in [-0.3, -0.25) is 9.59 Å². The lowest BCUT2D eigenvalue weighted by atomic mass is 9.79. The summed E-state index contributed by atoms with van der Waals surface area (Å²) < 4.78 is 0. The third-order valence-electron chi connectivity index (χ3n) is 3.13. The Morgan fingerprint density at radius 3 is 2.35 bits per heavy atom. The van der Waals surface area contributed by atoms with E-state index in [2.05, 4.69) is 10.6 Å². The van der Waals surface area contributed by atoms with Crippen LogP contribution in [0.25, 0.3) is 0 Å². The van der Waals surface area contributed by atoms with Crippen LogP contribution in [0.3, 0.4) is 0 Å². The molecular formula is C12H22N2O3. The molecule has 98 valence electrons. The number of rotatable bonds is 6. The fourth-order valence-electron chi connectivity index (χ4n) is 1.85. The molecule has 0 aromatic rings. The second kappa shape index (κ2) is 6.00. The molecule has 0 spiro atoms. The van der Waals surface area contributed by atoms with Crippen LogP contribution in [0, 0.1) is 11.8 Å². The number of nitrogens with one attached hydrogen (secondary N) is 2. The van der Waals surface area contributed by atoms with E-state index in [0.717, 1.165) is 6.42 Å². The van der Waals surface area contributed by atoms with E-state index in [9.17, 15) is 9.59 Å². The predicted octanol–water partition coefficient (Wildman–Crippen LogP) is 0.600. The standard InChI is InChI=1S/C12H22N2O3/c1-7(2)6-13-11(15)8(3)14-10-5-4-9(10)12(16)17/h7-10,14H,4-6H2,1-3H3,(H,13,15)(H,16,17). The maximum absolute atomic E-state index is 11.7. The van der Waals surface area contributed by atoms with Crippen LogP contribution in [0.15, 0.2) is 0 Å². The number of carbonyl (C=O) groups is 2. The first-order valence-corrected chi connectivity index (χ1v) is 6.18. The first-order valence-electron chi connectivity index (χ1n) is 6.18. The third kappa shape index (κ3) is 4.00. The summed E-state index contributed by atoms with van der Waals surface area (Å²) in [6.07, 6.45) is 1.53. The van der Waals surface area contributed by atoms with Crippen molar-refractivity contribution >= 4 is 11.9 Å². The van der Waals surface area contributed by atoms with Crippen LogP contribution >= 0.6 is 0 Å². The minimum absolute atomic E-state index is 0.0604. The van der Waals surface area contributed by atoms with Crippen molar-refractivity contribution in [2.45, 2.75) is 45.7 Å². The van der Waals surface area contributed by atoms with Crippen molar-refractivity contribution in [3.63, 3.8) is 0 Å². The molecule has 1 amide bonds. The van der Waals surface area contributed by atoms with Gasteiger partial charge in [-0.15, -0.1) is 0 Å². The number of aliphatic carboxylic acids is 1. The Morgan fingerprint density at radius 2 is 1.94 bits per heavy atom. The Morgan fingerprint density at radius 1 is 1.29 bits per heavy atom. The van der Waals surface area contributed by atoms with Crippen molar-refractivity contribution < 1.29 is 14.7 Å². The summed E-state index contributed by atoms with van der Waals surface area (Å²) in [5.41, 5.74) is 0. The lowest BCUT2D eigenvalue weighted by Crippen LogP contribution is -2.54. The molecule has 5 heteroatoms. The molecule has 3 unspecified atom stereocenters. The van der Waals surface area contributed by atoms with Crippen LogP contribution in [-0.4, -0.2) is 35.6 Å². The number of carbonyl (C=O) groups excluding carboxylic acids is 1. The van der Waals surface area contributed by atoms with E-state index in [-0.39, 0.29) is 23.9 Å². The van der Waals surface area contributed by atoms with Crippen molar-refractivity contribution in [1.82, 2.24) is 10.6 Å². The summed E-state index contributed by atoms with van der Waals surface area (Å²) in [6.45, 7) is 6.49. The van der Waals surface area contributed by atoms with Crippen molar-refractivity contribution in [2.24, 2.45) is 11.8 Å². The molecule has 3 atom stereocenters. The highest BCUT2D eigenvalue weighted by atomic mass is 16.4. The number of carboxylic acid groups (broad SMARTS) is 1. The zero-order valence-electron chi connectivity index (χ0n) is 10.7. The fraction of sp³-hybridized carbons (Fsp3) is 0.833. The molecule has 0 saturated heterocycles. The van der Waals surface area contributed by atoms with E-state index in [4.69, 9.17) is 5.11 Å². The molecule has 1 rings (SSSR count). The van der Waals surface area contributed by atoms with Crippen LogP contribution in [0.1, 0.15) is 33.6 Å². The number of amides is 1. The van der Waals surface area contributed by atoms with Crippen molar-refractivity contribution in [1.29, 1.82) is 0 Å². The summed E-state index contributed by atoms with van der Waals surface area (Å²) in [7, 11) is 0. The maximum atomic E-state index is 11.7. The Labute approximate surface area is 102 Å². The van der Waals surface area contributed by atoms with Gasteiger partial charge in [0.2, 0.25) is 5.91 Å². The summed E-state index contributed by atoms with van der Waals surface area (Å²) in [6, 6.07) is -0.395. The molecular weight excluding hydrogens is 220 g/mol. The number of carboxylic acids is 1. The zero-order valence-corrected chi connectivity index (χ0v) is 10.7. The lowest BCUT2D eigenvalue weighted by Gasteiger charge is -2.35. The summed E-state index contributed by atoms with van der Waals surface area (Å²) in [5, 5.41) is 14.8. The van der Waals surface area contributed by atoms with Gasteiger partial charge in [-0.05, 0) is 25.7 Å². The second-order valence-corrected chi connectivity index (χ2v) is 5.16. The predicted molar refractivity (Wildman–Crippen MR) is 64.6 cm³/mol. The van der Waals surface area contributed by atoms with Crippen LogP contribution in [0.4, 0.5) is 0 Å². The van der Waals surface area contributed by atoms with Gasteiger partial charge in [-0.25, -0.2) is 0 Å². The van der Waals surface area contributed by atoms with Gasteiger partial charge in [0, 0.05) is 12.6 Å². The normalized spacial score (nSPS) is 25.2. The molecule has 1 aliphatic rings. The highest BCUT2D eigenvalue weighted by Gasteiger charge is 2.37. The molecule has 0 radical (unpaired) electrons. The van der Waals surface area contributed by atoms with Crippen molar-refractivity contribution in [2.75, 3.05) is 6.54 Å². The Hall–Kier alpha value is -1.10. The summed E-state index contributed by atoms with van der Waals surface area (Å²) >= 11 is 0. The van der Waals surface area contributed by atoms with Crippen LogP contribution in [-0.2, 0) is 9.59 Å². The monoisotopic (exact) mass is 242 g/mol. The van der Waals surface area contributed by atoms with Gasteiger partial charge in [0.05, 0.1) is 12.0 Å². The summed E-state index contributed by atoms with van der Waals surface area (Å²) in [4.78, 5) is 22.5. The highest BCUT2D eigenvalue weighted by Crippen LogP contribution is 2.27. The maximum Gasteiger partial charge on any atom is 0.308 e. The molecule has 0 aromatic carbocycles. The molecule has 1 fully saturated rings. The van der Waals surface area contributed by atoms with Gasteiger partial charge in [-0.2, -0.15) is 0 Å². The van der Waals surface area contributed by atoms with Crippen LogP contribution in [0.2, 0.25) is 0 Å². The fourth-order valence-corrected chi connectivity index (χ4v) is 1.85. The van der Waals surface area contributed by atoms with Crippen LogP contribution < -0.4 is 10.6 Å². The molecule has 0 aliphatic heterocycles. The molecule has 5 nitrogen and oxygen atoms in total. The topological polar surface area (TPSA) is 78.4 Å². The second-order valence-electron chi connectivity index (χ2n) is 5.16. The molecule has 0 aromatic heterocycles. The van der Waals surface area contributed by atoms with Gasteiger partial charge in [0.1, 0.15) is 0 Å². The van der Waals surface area contributed by atoms with Gasteiger partial charge in [0.25, 0.3) is 0 Å². The molecule has 0 bridgehead atoms. The Balaban J connectivity index is 2.31. The molecule has 1 saturated carbocycles.